The first-order valence-electron chi connectivity index (χ1n) is 4.67. The standard InChI is InChI=1S/C10H12N2O5/c1-16-9-3-6(4-10(13)17-2)7(11)5-8(9)12(14)15/h3,5H,4,11H2,1-2H3. The van der Waals surface area contributed by atoms with E-state index >= 15 is 0 Å². The molecule has 0 radical (unpaired) electrons. The Kier molecular flexibility index (Phi) is 3.86. The van der Waals surface area contributed by atoms with E-state index in [1.54, 1.807) is 0 Å². The highest BCUT2D eigenvalue weighted by Crippen LogP contribution is 2.31. The Balaban J connectivity index is 3.17. The van der Waals surface area contributed by atoms with Crippen LogP contribution in [0.4, 0.5) is 11.4 Å². The normalized spacial score (nSPS) is 9.76. The number of hydrogen-bond donors (Lipinski definition) is 1. The van der Waals surface area contributed by atoms with Gasteiger partial charge in [0.15, 0.2) is 5.75 Å². The molecule has 0 saturated heterocycles. The number of methoxy groups -OCH3 is 2. The molecule has 17 heavy (non-hydrogen) atoms. The van der Waals surface area contributed by atoms with E-state index in [1.165, 1.54) is 20.3 Å². The summed E-state index contributed by atoms with van der Waals surface area (Å²) < 4.78 is 9.36. The van der Waals surface area contributed by atoms with Crippen LogP contribution in [0.2, 0.25) is 0 Å². The van der Waals surface area contributed by atoms with E-state index in [1.807, 2.05) is 0 Å². The highest BCUT2D eigenvalue weighted by molar-refractivity contribution is 5.76. The molecule has 0 spiro atoms. The summed E-state index contributed by atoms with van der Waals surface area (Å²) in [6.45, 7) is 0. The smallest absolute Gasteiger partial charge is 0.312 e. The van der Waals surface area contributed by atoms with Gasteiger partial charge in [-0.05, 0) is 11.6 Å². The van der Waals surface area contributed by atoms with Crippen molar-refractivity contribution >= 4 is 17.3 Å². The van der Waals surface area contributed by atoms with Gasteiger partial charge in [-0.15, -0.1) is 0 Å². The molecular weight excluding hydrogens is 228 g/mol. The molecule has 0 unspecified atom stereocenters. The highest BCUT2D eigenvalue weighted by atomic mass is 16.6. The molecule has 0 bridgehead atoms. The Morgan fingerprint density at radius 3 is 2.59 bits per heavy atom. The Bertz CT molecular complexity index is 458. The van der Waals surface area contributed by atoms with Crippen LogP contribution >= 0.6 is 0 Å². The fraction of sp³-hybridized carbons (Fsp3) is 0.300. The number of nitrogens with two attached hydrogens (primary N) is 1. The first kappa shape index (κ1) is 12.8. The van der Waals surface area contributed by atoms with E-state index in [9.17, 15) is 14.9 Å². The molecule has 7 nitrogen and oxygen atoms in total. The Hall–Kier alpha value is -2.31. The highest BCUT2D eigenvalue weighted by Gasteiger charge is 2.19. The van der Waals surface area contributed by atoms with Crippen LogP contribution in [0, 0.1) is 10.1 Å². The van der Waals surface area contributed by atoms with Gasteiger partial charge in [0, 0.05) is 11.8 Å². The number of esters is 1. The summed E-state index contributed by atoms with van der Waals surface area (Å²) in [7, 11) is 2.56. The number of nitro benzene ring substituents is 1. The van der Waals surface area contributed by atoms with Crippen molar-refractivity contribution in [1.29, 1.82) is 0 Å². The van der Waals surface area contributed by atoms with Crippen molar-refractivity contribution in [2.24, 2.45) is 0 Å². The zero-order chi connectivity index (χ0) is 13.0. The maximum Gasteiger partial charge on any atom is 0.312 e. The number of carbonyl (C=O) groups is 1. The Morgan fingerprint density at radius 1 is 1.47 bits per heavy atom. The third-order valence-electron chi connectivity index (χ3n) is 2.20. The summed E-state index contributed by atoms with van der Waals surface area (Å²) in [6.07, 6.45) is -0.0588. The van der Waals surface area contributed by atoms with Crippen LogP contribution in [-0.2, 0) is 16.0 Å². The molecule has 1 rings (SSSR count). The van der Waals surface area contributed by atoms with Crippen molar-refractivity contribution in [3.05, 3.63) is 27.8 Å². The fourth-order valence-electron chi connectivity index (χ4n) is 1.31. The Morgan fingerprint density at radius 2 is 2.12 bits per heavy atom. The number of nitro groups is 1. The summed E-state index contributed by atoms with van der Waals surface area (Å²) in [5, 5.41) is 10.7. The molecular formula is C10H12N2O5. The molecule has 2 N–H and O–H groups in total. The number of hydrogen-bond acceptors (Lipinski definition) is 6. The third-order valence-corrected chi connectivity index (χ3v) is 2.20. The molecule has 0 aromatic heterocycles. The van der Waals surface area contributed by atoms with Crippen LogP contribution in [0.3, 0.4) is 0 Å². The third kappa shape index (κ3) is 2.83. The van der Waals surface area contributed by atoms with Gasteiger partial charge >= 0.3 is 11.7 Å². The lowest BCUT2D eigenvalue weighted by Gasteiger charge is -2.08. The van der Waals surface area contributed by atoms with Crippen molar-refractivity contribution < 1.29 is 19.2 Å². The number of ether oxygens (including phenoxy) is 2. The molecule has 0 aliphatic rings. The quantitative estimate of drug-likeness (QED) is 0.363. The molecule has 0 amide bonds. The minimum atomic E-state index is -0.600. The number of anilines is 1. The maximum absolute atomic E-state index is 11.1. The molecule has 0 heterocycles. The first-order chi connectivity index (χ1) is 7.99. The summed E-state index contributed by atoms with van der Waals surface area (Å²) in [4.78, 5) is 21.2. The first-order valence-corrected chi connectivity index (χ1v) is 4.67. The second kappa shape index (κ2) is 5.15. The molecule has 7 heteroatoms. The second-order valence-electron chi connectivity index (χ2n) is 3.23. The molecule has 1 aromatic rings. The fourth-order valence-corrected chi connectivity index (χ4v) is 1.31. The van der Waals surface area contributed by atoms with Gasteiger partial charge in [0.1, 0.15) is 0 Å². The Labute approximate surface area is 97.3 Å². The van der Waals surface area contributed by atoms with Crippen molar-refractivity contribution in [3.8, 4) is 5.75 Å². The van der Waals surface area contributed by atoms with Gasteiger partial charge in [0.2, 0.25) is 0 Å². The van der Waals surface area contributed by atoms with E-state index in [0.29, 0.717) is 5.56 Å². The van der Waals surface area contributed by atoms with E-state index in [-0.39, 0.29) is 23.5 Å². The van der Waals surface area contributed by atoms with Gasteiger partial charge in [-0.1, -0.05) is 0 Å². The minimum Gasteiger partial charge on any atom is -0.490 e. The van der Waals surface area contributed by atoms with Gasteiger partial charge in [0.25, 0.3) is 0 Å². The molecule has 0 aliphatic carbocycles. The van der Waals surface area contributed by atoms with Gasteiger partial charge in [-0.3, -0.25) is 14.9 Å². The molecule has 0 atom stereocenters. The average Bonchev–Trinajstić information content (AvgIpc) is 2.30. The summed E-state index contributed by atoms with van der Waals surface area (Å²) in [5.41, 5.74) is 5.97. The lowest BCUT2D eigenvalue weighted by Crippen LogP contribution is -2.08. The van der Waals surface area contributed by atoms with Crippen LogP contribution in [0.15, 0.2) is 12.1 Å². The van der Waals surface area contributed by atoms with E-state index in [2.05, 4.69) is 4.74 Å². The largest absolute Gasteiger partial charge is 0.490 e. The molecule has 1 aromatic carbocycles. The molecule has 0 fully saturated rings. The lowest BCUT2D eigenvalue weighted by atomic mass is 10.1. The minimum absolute atomic E-state index is 0.0584. The van der Waals surface area contributed by atoms with Gasteiger partial charge in [-0.25, -0.2) is 0 Å². The predicted molar refractivity (Wildman–Crippen MR) is 59.8 cm³/mol. The van der Waals surface area contributed by atoms with Crippen molar-refractivity contribution in [2.45, 2.75) is 6.42 Å². The van der Waals surface area contributed by atoms with Crippen molar-refractivity contribution in [2.75, 3.05) is 20.0 Å². The van der Waals surface area contributed by atoms with Gasteiger partial charge in [0.05, 0.1) is 25.6 Å². The van der Waals surface area contributed by atoms with Gasteiger partial charge in [-0.2, -0.15) is 0 Å². The van der Waals surface area contributed by atoms with Crippen LogP contribution in [0.25, 0.3) is 0 Å². The number of rotatable bonds is 4. The molecule has 0 aliphatic heterocycles. The predicted octanol–water partition coefficient (Wildman–Crippen LogP) is 0.901. The second-order valence-corrected chi connectivity index (χ2v) is 3.23. The number of carbonyl (C=O) groups excluding carboxylic acids is 1. The van der Waals surface area contributed by atoms with Crippen LogP contribution in [-0.4, -0.2) is 25.1 Å². The van der Waals surface area contributed by atoms with Gasteiger partial charge < -0.3 is 15.2 Å². The average molecular weight is 240 g/mol. The molecule has 92 valence electrons. The van der Waals surface area contributed by atoms with E-state index in [0.717, 1.165) is 6.07 Å². The van der Waals surface area contributed by atoms with Crippen LogP contribution < -0.4 is 10.5 Å². The van der Waals surface area contributed by atoms with E-state index in [4.69, 9.17) is 10.5 Å². The summed E-state index contributed by atoms with van der Waals surface area (Å²) in [5.74, 6) is -0.421. The van der Waals surface area contributed by atoms with E-state index < -0.39 is 10.9 Å². The topological polar surface area (TPSA) is 105 Å². The monoisotopic (exact) mass is 240 g/mol. The summed E-state index contributed by atoms with van der Waals surface area (Å²) in [6, 6.07) is 2.53. The van der Waals surface area contributed by atoms with Crippen LogP contribution in [0.5, 0.6) is 5.75 Å². The van der Waals surface area contributed by atoms with Crippen LogP contribution in [0.1, 0.15) is 5.56 Å². The zero-order valence-corrected chi connectivity index (χ0v) is 9.43. The summed E-state index contributed by atoms with van der Waals surface area (Å²) >= 11 is 0. The van der Waals surface area contributed by atoms with Crippen molar-refractivity contribution in [1.82, 2.24) is 0 Å². The lowest BCUT2D eigenvalue weighted by molar-refractivity contribution is -0.385. The number of nitrogen functional groups attached to an aromatic ring is 1. The van der Waals surface area contributed by atoms with Crippen molar-refractivity contribution in [3.63, 3.8) is 0 Å². The number of benzene rings is 1. The molecule has 0 saturated carbocycles. The maximum atomic E-state index is 11.1. The SMILES string of the molecule is COC(=O)Cc1cc(OC)c([N+](=O)[O-])cc1N. The zero-order valence-electron chi connectivity index (χ0n) is 9.43. The number of nitrogens with zero attached hydrogens (tertiary/aromatic N) is 1.